The second-order valence-electron chi connectivity index (χ2n) is 4.97. The minimum atomic E-state index is -0.269. The molecule has 7 heteroatoms. The molecule has 0 fully saturated rings. The van der Waals surface area contributed by atoms with Crippen molar-refractivity contribution in [3.05, 3.63) is 47.8 Å². The van der Waals surface area contributed by atoms with Gasteiger partial charge in [-0.05, 0) is 31.5 Å². The van der Waals surface area contributed by atoms with Gasteiger partial charge in [0.2, 0.25) is 5.95 Å². The molecule has 0 amide bonds. The molecule has 1 aromatic carbocycles. The van der Waals surface area contributed by atoms with E-state index in [1.165, 1.54) is 6.07 Å². The first-order chi connectivity index (χ1) is 10.6. The Bertz CT molecular complexity index is 853. The van der Waals surface area contributed by atoms with Crippen LogP contribution in [0.2, 0.25) is 0 Å². The van der Waals surface area contributed by atoms with Crippen molar-refractivity contribution >= 4 is 22.7 Å². The molecule has 112 valence electrons. The fourth-order valence-electron chi connectivity index (χ4n) is 2.09. The number of aromatic nitrogens is 4. The Labute approximate surface area is 126 Å². The van der Waals surface area contributed by atoms with Gasteiger partial charge < -0.3 is 4.57 Å². The summed E-state index contributed by atoms with van der Waals surface area (Å²) in [5.41, 5.74) is 5.51. The van der Waals surface area contributed by atoms with Gasteiger partial charge in [-0.3, -0.25) is 0 Å². The SMILES string of the molecule is C/C(=N\Nc1nc2cc(F)c(C)cc2n1C)c1ncccn1. The molecule has 0 atom stereocenters. The maximum absolute atomic E-state index is 13.6. The average Bonchev–Trinajstić information content (AvgIpc) is 2.82. The highest BCUT2D eigenvalue weighted by molar-refractivity contribution is 5.95. The summed E-state index contributed by atoms with van der Waals surface area (Å²) in [7, 11) is 1.85. The molecule has 0 radical (unpaired) electrons. The van der Waals surface area contributed by atoms with Gasteiger partial charge >= 0.3 is 0 Å². The number of imidazole rings is 1. The number of hydrogen-bond acceptors (Lipinski definition) is 5. The molecule has 2 aromatic heterocycles. The summed E-state index contributed by atoms with van der Waals surface area (Å²) in [4.78, 5) is 12.6. The van der Waals surface area contributed by atoms with E-state index >= 15 is 0 Å². The number of hydrogen-bond donors (Lipinski definition) is 1. The number of benzene rings is 1. The summed E-state index contributed by atoms with van der Waals surface area (Å²) >= 11 is 0. The lowest BCUT2D eigenvalue weighted by molar-refractivity contribution is 0.620. The van der Waals surface area contributed by atoms with E-state index in [-0.39, 0.29) is 5.82 Å². The summed E-state index contributed by atoms with van der Waals surface area (Å²) in [6, 6.07) is 4.93. The van der Waals surface area contributed by atoms with E-state index in [2.05, 4.69) is 25.5 Å². The van der Waals surface area contributed by atoms with Crippen LogP contribution in [0, 0.1) is 12.7 Å². The number of halogens is 1. The number of aryl methyl sites for hydroxylation is 2. The van der Waals surface area contributed by atoms with Gasteiger partial charge in [0.1, 0.15) is 11.5 Å². The van der Waals surface area contributed by atoms with Crippen molar-refractivity contribution in [2.45, 2.75) is 13.8 Å². The molecule has 6 nitrogen and oxygen atoms in total. The largest absolute Gasteiger partial charge is 0.312 e. The fraction of sp³-hybridized carbons (Fsp3) is 0.200. The van der Waals surface area contributed by atoms with Crippen LogP contribution >= 0.6 is 0 Å². The third-order valence-corrected chi connectivity index (χ3v) is 3.37. The lowest BCUT2D eigenvalue weighted by Gasteiger charge is -2.03. The zero-order valence-electron chi connectivity index (χ0n) is 12.5. The van der Waals surface area contributed by atoms with Crippen LogP contribution in [0.4, 0.5) is 10.3 Å². The van der Waals surface area contributed by atoms with Crippen LogP contribution in [0.5, 0.6) is 0 Å². The van der Waals surface area contributed by atoms with E-state index < -0.39 is 0 Å². The lowest BCUT2D eigenvalue weighted by Crippen LogP contribution is -2.06. The van der Waals surface area contributed by atoms with Gasteiger partial charge in [-0.15, -0.1) is 0 Å². The molecule has 0 aliphatic heterocycles. The van der Waals surface area contributed by atoms with Gasteiger partial charge in [-0.1, -0.05) is 0 Å². The van der Waals surface area contributed by atoms with Gasteiger partial charge in [0, 0.05) is 25.5 Å². The molecule has 3 rings (SSSR count). The van der Waals surface area contributed by atoms with Crippen LogP contribution in [-0.4, -0.2) is 25.2 Å². The average molecular weight is 298 g/mol. The molecule has 22 heavy (non-hydrogen) atoms. The Morgan fingerprint density at radius 1 is 1.27 bits per heavy atom. The zero-order chi connectivity index (χ0) is 15.7. The van der Waals surface area contributed by atoms with Crippen LogP contribution < -0.4 is 5.43 Å². The Hall–Kier alpha value is -2.83. The number of nitrogens with zero attached hydrogens (tertiary/aromatic N) is 5. The molecule has 0 aliphatic rings. The van der Waals surface area contributed by atoms with Gasteiger partial charge in [0.05, 0.1) is 11.0 Å². The van der Waals surface area contributed by atoms with E-state index in [1.807, 2.05) is 11.6 Å². The van der Waals surface area contributed by atoms with Crippen molar-refractivity contribution < 1.29 is 4.39 Å². The Kier molecular flexibility index (Phi) is 3.54. The molecule has 1 N–H and O–H groups in total. The van der Waals surface area contributed by atoms with E-state index in [9.17, 15) is 4.39 Å². The lowest BCUT2D eigenvalue weighted by atomic mass is 10.2. The smallest absolute Gasteiger partial charge is 0.224 e. The predicted octanol–water partition coefficient (Wildman–Crippen LogP) is 2.65. The van der Waals surface area contributed by atoms with Crippen molar-refractivity contribution in [2.75, 3.05) is 5.43 Å². The summed E-state index contributed by atoms with van der Waals surface area (Å²) in [6.07, 6.45) is 3.31. The number of fused-ring (bicyclic) bond motifs is 1. The predicted molar refractivity (Wildman–Crippen MR) is 83.3 cm³/mol. The minimum Gasteiger partial charge on any atom is -0.312 e. The summed E-state index contributed by atoms with van der Waals surface area (Å²) in [5, 5.41) is 4.23. The molecule has 2 heterocycles. The molecule has 0 spiro atoms. The molecule has 0 bridgehead atoms. The fourth-order valence-corrected chi connectivity index (χ4v) is 2.09. The number of anilines is 1. The first-order valence-electron chi connectivity index (χ1n) is 6.76. The van der Waals surface area contributed by atoms with Crippen LogP contribution in [0.1, 0.15) is 18.3 Å². The van der Waals surface area contributed by atoms with Crippen molar-refractivity contribution in [2.24, 2.45) is 12.1 Å². The van der Waals surface area contributed by atoms with Crippen molar-refractivity contribution in [3.63, 3.8) is 0 Å². The third kappa shape index (κ3) is 2.52. The van der Waals surface area contributed by atoms with Crippen LogP contribution in [0.3, 0.4) is 0 Å². The minimum absolute atomic E-state index is 0.269. The van der Waals surface area contributed by atoms with Gasteiger partial charge in [0.25, 0.3) is 0 Å². The number of rotatable bonds is 3. The van der Waals surface area contributed by atoms with Crippen molar-refractivity contribution in [1.29, 1.82) is 0 Å². The molecular weight excluding hydrogens is 283 g/mol. The Balaban J connectivity index is 1.93. The van der Waals surface area contributed by atoms with Crippen molar-refractivity contribution in [3.8, 4) is 0 Å². The maximum atomic E-state index is 13.6. The maximum Gasteiger partial charge on any atom is 0.224 e. The highest BCUT2D eigenvalue weighted by atomic mass is 19.1. The monoisotopic (exact) mass is 298 g/mol. The van der Waals surface area contributed by atoms with Gasteiger partial charge in [-0.2, -0.15) is 5.10 Å². The van der Waals surface area contributed by atoms with Crippen LogP contribution in [0.15, 0.2) is 35.7 Å². The van der Waals surface area contributed by atoms with Crippen LogP contribution in [-0.2, 0) is 7.05 Å². The van der Waals surface area contributed by atoms with Crippen LogP contribution in [0.25, 0.3) is 11.0 Å². The molecule has 0 unspecified atom stereocenters. The summed E-state index contributed by atoms with van der Waals surface area (Å²) in [6.45, 7) is 3.53. The van der Waals surface area contributed by atoms with Gasteiger partial charge in [-0.25, -0.2) is 24.8 Å². The standard InChI is InChI=1S/C15H15FN6/c1-9-7-13-12(8-11(9)16)19-15(22(13)3)21-20-10(2)14-17-5-4-6-18-14/h4-8H,1-3H3,(H,19,21)/b20-10+. The molecule has 3 aromatic rings. The van der Waals surface area contributed by atoms with E-state index in [0.717, 1.165) is 5.52 Å². The van der Waals surface area contributed by atoms with Gasteiger partial charge in [0.15, 0.2) is 5.82 Å². The first-order valence-corrected chi connectivity index (χ1v) is 6.76. The summed E-state index contributed by atoms with van der Waals surface area (Å²) in [5.74, 6) is 0.792. The molecule has 0 aliphatic carbocycles. The highest BCUT2D eigenvalue weighted by Crippen LogP contribution is 2.21. The highest BCUT2D eigenvalue weighted by Gasteiger charge is 2.10. The topological polar surface area (TPSA) is 68.0 Å². The number of nitrogens with one attached hydrogen (secondary N) is 1. The Morgan fingerprint density at radius 2 is 2.00 bits per heavy atom. The second kappa shape index (κ2) is 5.51. The first kappa shape index (κ1) is 14.1. The second-order valence-corrected chi connectivity index (χ2v) is 4.97. The molecular formula is C15H15FN6. The zero-order valence-corrected chi connectivity index (χ0v) is 12.5. The van der Waals surface area contributed by atoms with E-state index in [1.54, 1.807) is 38.4 Å². The molecule has 0 saturated heterocycles. The van der Waals surface area contributed by atoms with E-state index in [0.29, 0.717) is 28.6 Å². The van der Waals surface area contributed by atoms with E-state index in [4.69, 9.17) is 0 Å². The number of hydrazone groups is 1. The van der Waals surface area contributed by atoms with Crippen molar-refractivity contribution in [1.82, 2.24) is 19.5 Å². The Morgan fingerprint density at radius 3 is 2.73 bits per heavy atom. The normalized spacial score (nSPS) is 11.9. The summed E-state index contributed by atoms with van der Waals surface area (Å²) < 4.78 is 15.4. The molecule has 0 saturated carbocycles. The third-order valence-electron chi connectivity index (χ3n) is 3.37. The quantitative estimate of drug-likeness (QED) is 0.596.